The van der Waals surface area contributed by atoms with Gasteiger partial charge in [-0.25, -0.2) is 28.4 Å². The van der Waals surface area contributed by atoms with E-state index in [2.05, 4.69) is 30.0 Å². The molecule has 232 valence electrons. The molecule has 0 bridgehead atoms. The summed E-state index contributed by atoms with van der Waals surface area (Å²) >= 11 is 0. The van der Waals surface area contributed by atoms with Crippen molar-refractivity contribution in [2.75, 3.05) is 24.5 Å². The molecule has 2 aromatic heterocycles. The van der Waals surface area contributed by atoms with E-state index in [9.17, 15) is 39.6 Å². The standard InChI is InChI=1S/C26H21F6N7O4S/c27-25(28,29)17-3-7-19(8-4-17)44(41,42)39-10-9-38(22-13-34-20-12-33-15-36-23(20)37-22)14-21(39)24(40)35-11-16-1-5-18(6-2-16)43-26(30,31)32/h1-8,12-13,15,21H,9-11,14H2,(H,35,40)/t21-/m1/s1. The Labute approximate surface area is 245 Å². The van der Waals surface area contributed by atoms with Crippen LogP contribution in [0.1, 0.15) is 11.1 Å². The molecule has 0 radical (unpaired) electrons. The summed E-state index contributed by atoms with van der Waals surface area (Å²) in [6.45, 7) is -0.582. The molecule has 0 spiro atoms. The lowest BCUT2D eigenvalue weighted by Gasteiger charge is -2.40. The maximum atomic E-state index is 13.6. The van der Waals surface area contributed by atoms with E-state index >= 15 is 0 Å². The zero-order valence-corrected chi connectivity index (χ0v) is 23.1. The fraction of sp³-hybridized carbons (Fsp3) is 0.269. The normalized spacial score (nSPS) is 16.6. The third-order valence-electron chi connectivity index (χ3n) is 6.58. The van der Waals surface area contributed by atoms with Crippen LogP contribution in [0.3, 0.4) is 0 Å². The smallest absolute Gasteiger partial charge is 0.406 e. The molecule has 1 fully saturated rings. The number of rotatable bonds is 7. The number of hydrogen-bond acceptors (Lipinski definition) is 9. The van der Waals surface area contributed by atoms with Gasteiger partial charge in [0, 0.05) is 26.2 Å². The topological polar surface area (TPSA) is 131 Å². The van der Waals surface area contributed by atoms with Crippen molar-refractivity contribution < 1.29 is 44.3 Å². The van der Waals surface area contributed by atoms with Crippen LogP contribution in [-0.4, -0.2) is 70.6 Å². The first-order valence-corrected chi connectivity index (χ1v) is 14.1. The molecular weight excluding hydrogens is 620 g/mol. The highest BCUT2D eigenvalue weighted by atomic mass is 32.2. The lowest BCUT2D eigenvalue weighted by atomic mass is 10.1. The molecule has 4 aromatic rings. The summed E-state index contributed by atoms with van der Waals surface area (Å²) in [5.41, 5.74) is 0.00985. The van der Waals surface area contributed by atoms with Crippen LogP contribution in [-0.2, 0) is 27.5 Å². The number of piperazine rings is 1. The van der Waals surface area contributed by atoms with Gasteiger partial charge in [0.15, 0.2) is 5.65 Å². The predicted molar refractivity (Wildman–Crippen MR) is 141 cm³/mol. The van der Waals surface area contributed by atoms with Crippen LogP contribution < -0.4 is 15.0 Å². The highest BCUT2D eigenvalue weighted by Gasteiger charge is 2.41. The van der Waals surface area contributed by atoms with E-state index in [0.717, 1.165) is 28.6 Å². The van der Waals surface area contributed by atoms with Gasteiger partial charge in [-0.3, -0.25) is 4.79 Å². The number of ether oxygens (including phenoxy) is 1. The number of carbonyl (C=O) groups excluding carboxylic acids is 1. The summed E-state index contributed by atoms with van der Waals surface area (Å²) in [5, 5.41) is 2.58. The quantitative estimate of drug-likeness (QED) is 0.301. The van der Waals surface area contributed by atoms with Crippen molar-refractivity contribution in [1.29, 1.82) is 0 Å². The second-order valence-corrected chi connectivity index (χ2v) is 11.4. The number of fused-ring (bicyclic) bond motifs is 1. The van der Waals surface area contributed by atoms with E-state index in [-0.39, 0.29) is 31.8 Å². The first kappa shape index (κ1) is 30.9. The van der Waals surface area contributed by atoms with Crippen LogP contribution in [0.25, 0.3) is 11.2 Å². The minimum Gasteiger partial charge on any atom is -0.406 e. The molecule has 0 saturated carbocycles. The van der Waals surface area contributed by atoms with Gasteiger partial charge >= 0.3 is 12.5 Å². The number of aromatic nitrogens is 4. The number of nitrogens with one attached hydrogen (secondary N) is 1. The van der Waals surface area contributed by atoms with E-state index in [4.69, 9.17) is 0 Å². The van der Waals surface area contributed by atoms with Crippen LogP contribution in [0, 0.1) is 0 Å². The van der Waals surface area contributed by atoms with Crippen LogP contribution >= 0.6 is 0 Å². The zero-order valence-electron chi connectivity index (χ0n) is 22.2. The second kappa shape index (κ2) is 11.8. The highest BCUT2D eigenvalue weighted by molar-refractivity contribution is 7.89. The van der Waals surface area contributed by atoms with Crippen molar-refractivity contribution in [2.24, 2.45) is 0 Å². The lowest BCUT2D eigenvalue weighted by Crippen LogP contribution is -2.60. The van der Waals surface area contributed by atoms with E-state index < -0.39 is 50.7 Å². The van der Waals surface area contributed by atoms with Crippen molar-refractivity contribution in [3.8, 4) is 5.75 Å². The Morgan fingerprint density at radius 3 is 2.32 bits per heavy atom. The van der Waals surface area contributed by atoms with Gasteiger partial charge in [0.25, 0.3) is 0 Å². The Balaban J connectivity index is 1.39. The highest BCUT2D eigenvalue weighted by Crippen LogP contribution is 2.31. The van der Waals surface area contributed by atoms with Gasteiger partial charge in [-0.15, -0.1) is 13.2 Å². The first-order valence-electron chi connectivity index (χ1n) is 12.7. The summed E-state index contributed by atoms with van der Waals surface area (Å²) in [7, 11) is -4.47. The first-order chi connectivity index (χ1) is 20.7. The summed E-state index contributed by atoms with van der Waals surface area (Å²) in [5.74, 6) is -0.941. The second-order valence-electron chi connectivity index (χ2n) is 9.47. The molecule has 0 aliphatic carbocycles. The summed E-state index contributed by atoms with van der Waals surface area (Å²) in [4.78, 5) is 31.2. The number of benzene rings is 2. The molecule has 18 heteroatoms. The van der Waals surface area contributed by atoms with Gasteiger partial charge in [0.05, 0.1) is 22.9 Å². The van der Waals surface area contributed by atoms with Gasteiger partial charge in [-0.1, -0.05) is 12.1 Å². The number of sulfonamides is 1. The minimum absolute atomic E-state index is 0.0512. The van der Waals surface area contributed by atoms with Crippen LogP contribution in [0.4, 0.5) is 32.2 Å². The van der Waals surface area contributed by atoms with Crippen molar-refractivity contribution in [2.45, 2.75) is 30.0 Å². The van der Waals surface area contributed by atoms with Crippen LogP contribution in [0.15, 0.2) is 72.1 Å². The van der Waals surface area contributed by atoms with Crippen molar-refractivity contribution in [3.63, 3.8) is 0 Å². The summed E-state index contributed by atoms with van der Waals surface area (Å²) < 4.78 is 108. The van der Waals surface area contributed by atoms with Gasteiger partial charge in [-0.2, -0.15) is 17.5 Å². The molecule has 5 rings (SSSR count). The molecule has 44 heavy (non-hydrogen) atoms. The number of anilines is 1. The Morgan fingerprint density at radius 2 is 1.66 bits per heavy atom. The number of alkyl halides is 6. The van der Waals surface area contributed by atoms with Crippen molar-refractivity contribution >= 4 is 32.9 Å². The molecule has 3 heterocycles. The van der Waals surface area contributed by atoms with Crippen LogP contribution in [0.5, 0.6) is 5.75 Å². The number of hydrogen-bond donors (Lipinski definition) is 1. The zero-order chi connectivity index (χ0) is 31.7. The van der Waals surface area contributed by atoms with Gasteiger partial charge in [0.1, 0.15) is 29.5 Å². The SMILES string of the molecule is O=C(NCc1ccc(OC(F)(F)F)cc1)[C@H]1CN(c2cnc3cncnc3n2)CCN1S(=O)(=O)c1ccc(C(F)(F)F)cc1. The molecule has 1 aliphatic rings. The molecule has 1 aliphatic heterocycles. The van der Waals surface area contributed by atoms with Gasteiger partial charge < -0.3 is 15.0 Å². The predicted octanol–water partition coefficient (Wildman–Crippen LogP) is 3.53. The average Bonchev–Trinajstić information content (AvgIpc) is 2.99. The fourth-order valence-corrected chi connectivity index (χ4v) is 6.02. The largest absolute Gasteiger partial charge is 0.573 e. The molecular formula is C26H21F6N7O4S. The Kier molecular flexibility index (Phi) is 8.30. The molecule has 1 N–H and O–H groups in total. The summed E-state index contributed by atoms with van der Waals surface area (Å²) in [6.07, 6.45) is -5.43. The molecule has 1 amide bonds. The molecule has 0 unspecified atom stereocenters. The Bertz CT molecular complexity index is 1750. The van der Waals surface area contributed by atoms with E-state index in [0.29, 0.717) is 29.0 Å². The number of halogens is 6. The Hall–Kier alpha value is -4.58. The molecule has 11 nitrogen and oxygen atoms in total. The number of nitrogens with zero attached hydrogens (tertiary/aromatic N) is 6. The molecule has 1 saturated heterocycles. The van der Waals surface area contributed by atoms with Crippen molar-refractivity contribution in [1.82, 2.24) is 29.6 Å². The molecule has 2 aromatic carbocycles. The maximum Gasteiger partial charge on any atom is 0.573 e. The van der Waals surface area contributed by atoms with E-state index in [1.54, 1.807) is 4.90 Å². The Morgan fingerprint density at radius 1 is 0.955 bits per heavy atom. The fourth-order valence-electron chi connectivity index (χ4n) is 4.45. The molecule has 1 atom stereocenters. The summed E-state index contributed by atoms with van der Waals surface area (Å²) in [6, 6.07) is 6.22. The van der Waals surface area contributed by atoms with Crippen LogP contribution in [0.2, 0.25) is 0 Å². The third-order valence-corrected chi connectivity index (χ3v) is 8.50. The monoisotopic (exact) mass is 641 g/mol. The van der Waals surface area contributed by atoms with Gasteiger partial charge in [-0.05, 0) is 42.0 Å². The average molecular weight is 642 g/mol. The number of amides is 1. The van der Waals surface area contributed by atoms with E-state index in [1.165, 1.54) is 30.9 Å². The van der Waals surface area contributed by atoms with Gasteiger partial charge in [0.2, 0.25) is 15.9 Å². The maximum absolute atomic E-state index is 13.6. The number of carbonyl (C=O) groups is 1. The van der Waals surface area contributed by atoms with Crippen molar-refractivity contribution in [3.05, 3.63) is 78.4 Å². The lowest BCUT2D eigenvalue weighted by molar-refractivity contribution is -0.274. The third kappa shape index (κ3) is 6.96. The van der Waals surface area contributed by atoms with E-state index in [1.807, 2.05) is 0 Å². The minimum atomic E-state index is -4.88.